The molecule has 0 fully saturated rings. The van der Waals surface area contributed by atoms with Crippen LogP contribution in [0.1, 0.15) is 11.5 Å². The molecule has 1 N–H and O–H groups in total. The number of aryl methyl sites for hydroxylation is 2. The molecule has 0 spiro atoms. The summed E-state index contributed by atoms with van der Waals surface area (Å²) < 4.78 is 0. The van der Waals surface area contributed by atoms with Gasteiger partial charge in [0.2, 0.25) is 0 Å². The van der Waals surface area contributed by atoms with Gasteiger partial charge < -0.3 is 4.98 Å². The van der Waals surface area contributed by atoms with E-state index >= 15 is 0 Å². The number of aromatic nitrogens is 3. The van der Waals surface area contributed by atoms with Crippen LogP contribution in [0.5, 0.6) is 0 Å². The van der Waals surface area contributed by atoms with Crippen molar-refractivity contribution in [3.8, 4) is 11.1 Å². The summed E-state index contributed by atoms with van der Waals surface area (Å²) in [5.74, 6) is 0.944. The first-order chi connectivity index (χ1) is 8.22. The van der Waals surface area contributed by atoms with E-state index in [0.717, 1.165) is 33.7 Å². The summed E-state index contributed by atoms with van der Waals surface area (Å²) in [5.41, 5.74) is 5.38. The average Bonchev–Trinajstić information content (AvgIpc) is 2.69. The smallest absolute Gasteiger partial charge is 0.104 e. The van der Waals surface area contributed by atoms with Crippen molar-refractivity contribution in [2.45, 2.75) is 13.8 Å². The number of aromatic amines is 1. The van der Waals surface area contributed by atoms with Crippen LogP contribution in [-0.2, 0) is 0 Å². The van der Waals surface area contributed by atoms with Crippen molar-refractivity contribution in [1.82, 2.24) is 15.0 Å². The SMILES string of the molecule is Cc1ccc(-c2ccc3[nH]c(C)nc3c2)cn1. The maximum Gasteiger partial charge on any atom is 0.104 e. The van der Waals surface area contributed by atoms with Crippen molar-refractivity contribution in [2.24, 2.45) is 0 Å². The summed E-state index contributed by atoms with van der Waals surface area (Å²) in [6.45, 7) is 3.96. The van der Waals surface area contributed by atoms with Crippen molar-refractivity contribution in [3.05, 3.63) is 48.0 Å². The Bertz CT molecular complexity index is 666. The molecular formula is C14H13N3. The molecule has 0 amide bonds. The van der Waals surface area contributed by atoms with Crippen molar-refractivity contribution in [1.29, 1.82) is 0 Å². The van der Waals surface area contributed by atoms with Crippen LogP contribution in [0.25, 0.3) is 22.2 Å². The number of imidazole rings is 1. The largest absolute Gasteiger partial charge is 0.342 e. The molecule has 0 unspecified atom stereocenters. The first kappa shape index (κ1) is 10.0. The Kier molecular flexibility index (Phi) is 2.18. The summed E-state index contributed by atoms with van der Waals surface area (Å²) in [6.07, 6.45) is 1.90. The fourth-order valence-electron chi connectivity index (χ4n) is 1.95. The van der Waals surface area contributed by atoms with Crippen LogP contribution in [-0.4, -0.2) is 15.0 Å². The van der Waals surface area contributed by atoms with Crippen molar-refractivity contribution >= 4 is 11.0 Å². The Balaban J connectivity index is 2.13. The highest BCUT2D eigenvalue weighted by atomic mass is 14.9. The second-order valence-corrected chi connectivity index (χ2v) is 4.24. The Labute approximate surface area is 99.5 Å². The summed E-state index contributed by atoms with van der Waals surface area (Å²) in [5, 5.41) is 0. The predicted molar refractivity (Wildman–Crippen MR) is 68.8 cm³/mol. The number of pyridine rings is 1. The van der Waals surface area contributed by atoms with E-state index in [9.17, 15) is 0 Å². The van der Waals surface area contributed by atoms with Crippen LogP contribution in [0, 0.1) is 13.8 Å². The molecule has 1 aromatic carbocycles. The van der Waals surface area contributed by atoms with Crippen LogP contribution in [0.3, 0.4) is 0 Å². The summed E-state index contributed by atoms with van der Waals surface area (Å²) in [6, 6.07) is 10.3. The van der Waals surface area contributed by atoms with Gasteiger partial charge in [0, 0.05) is 17.5 Å². The van der Waals surface area contributed by atoms with Crippen molar-refractivity contribution in [2.75, 3.05) is 0 Å². The molecule has 0 aliphatic heterocycles. The number of nitrogens with zero attached hydrogens (tertiary/aromatic N) is 2. The average molecular weight is 223 g/mol. The van der Waals surface area contributed by atoms with Gasteiger partial charge >= 0.3 is 0 Å². The zero-order valence-electron chi connectivity index (χ0n) is 9.86. The number of hydrogen-bond donors (Lipinski definition) is 1. The molecule has 0 atom stereocenters. The quantitative estimate of drug-likeness (QED) is 0.688. The highest BCUT2D eigenvalue weighted by Gasteiger charge is 2.03. The lowest BCUT2D eigenvalue weighted by atomic mass is 10.1. The van der Waals surface area contributed by atoms with Gasteiger partial charge in [-0.2, -0.15) is 0 Å². The second-order valence-electron chi connectivity index (χ2n) is 4.24. The summed E-state index contributed by atoms with van der Waals surface area (Å²) in [4.78, 5) is 12.0. The van der Waals surface area contributed by atoms with Crippen LogP contribution in [0.4, 0.5) is 0 Å². The lowest BCUT2D eigenvalue weighted by Crippen LogP contribution is -1.83. The molecular weight excluding hydrogens is 210 g/mol. The van der Waals surface area contributed by atoms with E-state index in [2.05, 4.69) is 39.2 Å². The van der Waals surface area contributed by atoms with Crippen molar-refractivity contribution < 1.29 is 0 Å². The third kappa shape index (κ3) is 1.80. The molecule has 84 valence electrons. The zero-order valence-corrected chi connectivity index (χ0v) is 9.86. The third-order valence-corrected chi connectivity index (χ3v) is 2.85. The van der Waals surface area contributed by atoms with Crippen LogP contribution < -0.4 is 0 Å². The van der Waals surface area contributed by atoms with Gasteiger partial charge in [-0.3, -0.25) is 4.98 Å². The highest BCUT2D eigenvalue weighted by Crippen LogP contribution is 2.22. The van der Waals surface area contributed by atoms with Gasteiger partial charge in [-0.1, -0.05) is 12.1 Å². The van der Waals surface area contributed by atoms with E-state index in [0.29, 0.717) is 0 Å². The Hall–Kier alpha value is -2.16. The molecule has 0 radical (unpaired) electrons. The van der Waals surface area contributed by atoms with E-state index in [1.807, 2.05) is 26.1 Å². The molecule has 3 aromatic rings. The molecule has 17 heavy (non-hydrogen) atoms. The topological polar surface area (TPSA) is 41.6 Å². The predicted octanol–water partition coefficient (Wildman–Crippen LogP) is 3.24. The van der Waals surface area contributed by atoms with Gasteiger partial charge in [0.05, 0.1) is 11.0 Å². The fourth-order valence-corrected chi connectivity index (χ4v) is 1.95. The lowest BCUT2D eigenvalue weighted by Gasteiger charge is -2.01. The molecule has 3 heteroatoms. The molecule has 2 aromatic heterocycles. The van der Waals surface area contributed by atoms with Crippen molar-refractivity contribution in [3.63, 3.8) is 0 Å². The van der Waals surface area contributed by atoms with E-state index in [1.165, 1.54) is 0 Å². The third-order valence-electron chi connectivity index (χ3n) is 2.85. The maximum atomic E-state index is 4.44. The Morgan fingerprint density at radius 1 is 1.00 bits per heavy atom. The van der Waals surface area contributed by atoms with E-state index in [4.69, 9.17) is 0 Å². The summed E-state index contributed by atoms with van der Waals surface area (Å²) in [7, 11) is 0. The number of benzene rings is 1. The molecule has 3 nitrogen and oxygen atoms in total. The van der Waals surface area contributed by atoms with Gasteiger partial charge in [0.25, 0.3) is 0 Å². The van der Waals surface area contributed by atoms with Gasteiger partial charge in [-0.05, 0) is 37.6 Å². The number of H-pyrrole nitrogens is 1. The van der Waals surface area contributed by atoms with Gasteiger partial charge in [0.1, 0.15) is 5.82 Å². The second kappa shape index (κ2) is 3.70. The maximum absolute atomic E-state index is 4.44. The Morgan fingerprint density at radius 2 is 1.82 bits per heavy atom. The standard InChI is InChI=1S/C14H13N3/c1-9-3-4-12(8-15-9)11-5-6-13-14(7-11)17-10(2)16-13/h3-8H,1-2H3,(H,16,17). The monoisotopic (exact) mass is 223 g/mol. The van der Waals surface area contributed by atoms with E-state index < -0.39 is 0 Å². The lowest BCUT2D eigenvalue weighted by molar-refractivity contribution is 1.17. The van der Waals surface area contributed by atoms with E-state index in [-0.39, 0.29) is 0 Å². The highest BCUT2D eigenvalue weighted by molar-refractivity contribution is 5.81. The van der Waals surface area contributed by atoms with Crippen LogP contribution in [0.2, 0.25) is 0 Å². The number of rotatable bonds is 1. The van der Waals surface area contributed by atoms with Crippen LogP contribution >= 0.6 is 0 Å². The van der Waals surface area contributed by atoms with E-state index in [1.54, 1.807) is 0 Å². The number of nitrogens with one attached hydrogen (secondary N) is 1. The molecule has 0 saturated heterocycles. The molecule has 0 aliphatic carbocycles. The van der Waals surface area contributed by atoms with Gasteiger partial charge in [-0.15, -0.1) is 0 Å². The number of hydrogen-bond acceptors (Lipinski definition) is 2. The normalized spacial score (nSPS) is 10.9. The zero-order chi connectivity index (χ0) is 11.8. The minimum Gasteiger partial charge on any atom is -0.342 e. The first-order valence-corrected chi connectivity index (χ1v) is 5.62. The van der Waals surface area contributed by atoms with Crippen LogP contribution in [0.15, 0.2) is 36.5 Å². The molecule has 3 rings (SSSR count). The molecule has 0 saturated carbocycles. The van der Waals surface area contributed by atoms with Gasteiger partial charge in [-0.25, -0.2) is 4.98 Å². The Morgan fingerprint density at radius 3 is 2.59 bits per heavy atom. The molecule has 0 aliphatic rings. The van der Waals surface area contributed by atoms with Gasteiger partial charge in [0.15, 0.2) is 0 Å². The molecule has 0 bridgehead atoms. The minimum atomic E-state index is 0.944. The summed E-state index contributed by atoms with van der Waals surface area (Å²) >= 11 is 0. The first-order valence-electron chi connectivity index (χ1n) is 5.62. The molecule has 2 heterocycles. The number of fused-ring (bicyclic) bond motifs is 1. The fraction of sp³-hybridized carbons (Fsp3) is 0.143. The minimum absolute atomic E-state index is 0.944.